The maximum Gasteiger partial charge on any atom is 0.0291 e. The fourth-order valence-electron chi connectivity index (χ4n) is 2.16. The van der Waals surface area contributed by atoms with E-state index in [0.29, 0.717) is 6.04 Å². The average molecular weight is 247 g/mol. The molecule has 1 aromatic carbocycles. The van der Waals surface area contributed by atoms with Crippen molar-refractivity contribution in [2.45, 2.75) is 59.4 Å². The second kappa shape index (κ2) is 8.31. The summed E-state index contributed by atoms with van der Waals surface area (Å²) < 4.78 is 0. The van der Waals surface area contributed by atoms with Gasteiger partial charge in [0, 0.05) is 6.04 Å². The molecule has 1 N–H and O–H groups in total. The van der Waals surface area contributed by atoms with Crippen molar-refractivity contribution in [2.75, 3.05) is 6.54 Å². The molecule has 0 aliphatic rings. The number of benzene rings is 1. The molecule has 0 radical (unpaired) electrons. The van der Waals surface area contributed by atoms with E-state index in [4.69, 9.17) is 0 Å². The predicted octanol–water partition coefficient (Wildman–Crippen LogP) is 4.73. The predicted molar refractivity (Wildman–Crippen MR) is 80.9 cm³/mol. The molecule has 102 valence electrons. The van der Waals surface area contributed by atoms with Crippen molar-refractivity contribution in [2.24, 2.45) is 5.92 Å². The summed E-state index contributed by atoms with van der Waals surface area (Å²) in [6, 6.07) is 9.46. The number of aryl methyl sites for hydroxylation is 1. The summed E-state index contributed by atoms with van der Waals surface area (Å²) in [5.74, 6) is 0.837. The van der Waals surface area contributed by atoms with Gasteiger partial charge < -0.3 is 5.32 Å². The van der Waals surface area contributed by atoms with Crippen LogP contribution in [0, 0.1) is 5.92 Å². The Morgan fingerprint density at radius 2 is 1.67 bits per heavy atom. The molecule has 1 unspecified atom stereocenters. The first-order valence-electron chi connectivity index (χ1n) is 7.45. The minimum absolute atomic E-state index is 0.468. The molecule has 1 nitrogen and oxygen atoms in total. The van der Waals surface area contributed by atoms with Crippen molar-refractivity contribution in [3.05, 3.63) is 35.4 Å². The third kappa shape index (κ3) is 5.68. The van der Waals surface area contributed by atoms with Gasteiger partial charge in [-0.25, -0.2) is 0 Å². The Kier molecular flexibility index (Phi) is 7.04. The molecule has 0 saturated heterocycles. The van der Waals surface area contributed by atoms with Gasteiger partial charge in [0.1, 0.15) is 0 Å². The lowest BCUT2D eigenvalue weighted by Crippen LogP contribution is -2.19. The zero-order valence-corrected chi connectivity index (χ0v) is 12.5. The third-order valence-electron chi connectivity index (χ3n) is 3.55. The van der Waals surface area contributed by atoms with E-state index in [2.05, 4.69) is 57.3 Å². The van der Waals surface area contributed by atoms with Crippen molar-refractivity contribution in [1.29, 1.82) is 0 Å². The molecule has 0 aliphatic heterocycles. The van der Waals surface area contributed by atoms with Crippen LogP contribution in [0.1, 0.15) is 64.1 Å². The molecule has 0 aliphatic carbocycles. The Bertz CT molecular complexity index is 313. The molecular formula is C17H29N. The van der Waals surface area contributed by atoms with Crippen LogP contribution in [0.3, 0.4) is 0 Å². The molecule has 18 heavy (non-hydrogen) atoms. The molecule has 1 heteroatoms. The van der Waals surface area contributed by atoms with Crippen molar-refractivity contribution in [3.63, 3.8) is 0 Å². The Labute approximate surface area is 113 Å². The van der Waals surface area contributed by atoms with Crippen LogP contribution in [0.5, 0.6) is 0 Å². The van der Waals surface area contributed by atoms with Crippen molar-refractivity contribution < 1.29 is 0 Å². The van der Waals surface area contributed by atoms with Gasteiger partial charge in [0.15, 0.2) is 0 Å². The SMILES string of the molecule is CCc1ccc(C(C)NCCCCC(C)C)cc1. The van der Waals surface area contributed by atoms with Crippen LogP contribution in [0.15, 0.2) is 24.3 Å². The Morgan fingerprint density at radius 1 is 1.00 bits per heavy atom. The van der Waals surface area contributed by atoms with E-state index in [1.54, 1.807) is 0 Å². The zero-order valence-electron chi connectivity index (χ0n) is 12.5. The van der Waals surface area contributed by atoms with Gasteiger partial charge in [-0.3, -0.25) is 0 Å². The minimum Gasteiger partial charge on any atom is -0.310 e. The first kappa shape index (κ1) is 15.2. The van der Waals surface area contributed by atoms with Gasteiger partial charge in [0.25, 0.3) is 0 Å². The molecule has 0 aromatic heterocycles. The van der Waals surface area contributed by atoms with Gasteiger partial charge in [-0.2, -0.15) is 0 Å². The number of hydrogen-bond acceptors (Lipinski definition) is 1. The summed E-state index contributed by atoms with van der Waals surface area (Å²) in [7, 11) is 0. The fourth-order valence-corrected chi connectivity index (χ4v) is 2.16. The van der Waals surface area contributed by atoms with E-state index < -0.39 is 0 Å². The topological polar surface area (TPSA) is 12.0 Å². The summed E-state index contributed by atoms with van der Waals surface area (Å²) in [5, 5.41) is 3.61. The first-order valence-corrected chi connectivity index (χ1v) is 7.45. The van der Waals surface area contributed by atoms with E-state index in [-0.39, 0.29) is 0 Å². The van der Waals surface area contributed by atoms with Gasteiger partial charge in [0.05, 0.1) is 0 Å². The van der Waals surface area contributed by atoms with Gasteiger partial charge in [-0.1, -0.05) is 57.9 Å². The Balaban J connectivity index is 2.25. The monoisotopic (exact) mass is 247 g/mol. The molecule has 1 aromatic rings. The van der Waals surface area contributed by atoms with Crippen LogP contribution in [0.4, 0.5) is 0 Å². The first-order chi connectivity index (χ1) is 8.63. The fraction of sp³-hybridized carbons (Fsp3) is 0.647. The van der Waals surface area contributed by atoms with Crippen LogP contribution in [-0.4, -0.2) is 6.54 Å². The van der Waals surface area contributed by atoms with E-state index in [0.717, 1.165) is 18.9 Å². The number of nitrogens with one attached hydrogen (secondary N) is 1. The van der Waals surface area contributed by atoms with E-state index in [1.165, 1.54) is 30.4 Å². The molecule has 0 saturated carbocycles. The van der Waals surface area contributed by atoms with Gasteiger partial charge in [0.2, 0.25) is 0 Å². The molecule has 0 amide bonds. The Hall–Kier alpha value is -0.820. The lowest BCUT2D eigenvalue weighted by atomic mass is 10.0. The highest BCUT2D eigenvalue weighted by molar-refractivity contribution is 5.24. The molecule has 0 spiro atoms. The van der Waals surface area contributed by atoms with Crippen LogP contribution >= 0.6 is 0 Å². The lowest BCUT2D eigenvalue weighted by molar-refractivity contribution is 0.498. The molecular weight excluding hydrogens is 218 g/mol. The highest BCUT2D eigenvalue weighted by atomic mass is 14.9. The maximum absolute atomic E-state index is 3.61. The normalized spacial score (nSPS) is 12.9. The molecule has 1 rings (SSSR count). The maximum atomic E-state index is 3.61. The lowest BCUT2D eigenvalue weighted by Gasteiger charge is -2.15. The highest BCUT2D eigenvalue weighted by Crippen LogP contribution is 2.14. The molecule has 0 fully saturated rings. The number of hydrogen-bond donors (Lipinski definition) is 1. The van der Waals surface area contributed by atoms with Gasteiger partial charge in [-0.15, -0.1) is 0 Å². The summed E-state index contributed by atoms with van der Waals surface area (Å²) in [4.78, 5) is 0. The number of unbranched alkanes of at least 4 members (excludes halogenated alkanes) is 1. The summed E-state index contributed by atoms with van der Waals surface area (Å²) >= 11 is 0. The highest BCUT2D eigenvalue weighted by Gasteiger charge is 2.04. The second-order valence-corrected chi connectivity index (χ2v) is 5.66. The molecule has 1 atom stereocenters. The summed E-state index contributed by atoms with van der Waals surface area (Å²) in [5.41, 5.74) is 2.82. The smallest absolute Gasteiger partial charge is 0.0291 e. The minimum atomic E-state index is 0.468. The summed E-state index contributed by atoms with van der Waals surface area (Å²) in [6.07, 6.45) is 5.10. The van der Waals surface area contributed by atoms with Gasteiger partial charge >= 0.3 is 0 Å². The largest absolute Gasteiger partial charge is 0.310 e. The number of rotatable bonds is 8. The molecule has 0 bridgehead atoms. The summed E-state index contributed by atoms with van der Waals surface area (Å²) in [6.45, 7) is 10.2. The Morgan fingerprint density at radius 3 is 2.22 bits per heavy atom. The van der Waals surface area contributed by atoms with Crippen molar-refractivity contribution in [3.8, 4) is 0 Å². The quantitative estimate of drug-likeness (QED) is 0.655. The van der Waals surface area contributed by atoms with Crippen LogP contribution in [0.25, 0.3) is 0 Å². The van der Waals surface area contributed by atoms with Crippen molar-refractivity contribution in [1.82, 2.24) is 5.32 Å². The van der Waals surface area contributed by atoms with Crippen LogP contribution in [0.2, 0.25) is 0 Å². The second-order valence-electron chi connectivity index (χ2n) is 5.66. The van der Waals surface area contributed by atoms with Gasteiger partial charge in [-0.05, 0) is 43.4 Å². The van der Waals surface area contributed by atoms with E-state index >= 15 is 0 Å². The zero-order chi connectivity index (χ0) is 13.4. The molecule has 0 heterocycles. The van der Waals surface area contributed by atoms with E-state index in [1.807, 2.05) is 0 Å². The van der Waals surface area contributed by atoms with E-state index in [9.17, 15) is 0 Å². The standard InChI is InChI=1S/C17H29N/c1-5-16-9-11-17(12-10-16)15(4)18-13-7-6-8-14(2)3/h9-12,14-15,18H,5-8,13H2,1-4H3. The van der Waals surface area contributed by atoms with Crippen LogP contribution < -0.4 is 5.32 Å². The average Bonchev–Trinajstić information content (AvgIpc) is 2.38. The van der Waals surface area contributed by atoms with Crippen molar-refractivity contribution >= 4 is 0 Å². The third-order valence-corrected chi connectivity index (χ3v) is 3.55. The van der Waals surface area contributed by atoms with Crippen LogP contribution in [-0.2, 0) is 6.42 Å².